The highest BCUT2D eigenvalue weighted by Crippen LogP contribution is 2.23. The van der Waals surface area contributed by atoms with Crippen molar-refractivity contribution in [1.82, 2.24) is 5.32 Å². The zero-order valence-corrected chi connectivity index (χ0v) is 13.1. The molecule has 0 unspecified atom stereocenters. The minimum absolute atomic E-state index is 0.00587. The molecule has 0 bridgehead atoms. The van der Waals surface area contributed by atoms with Gasteiger partial charge in [-0.05, 0) is 30.5 Å². The van der Waals surface area contributed by atoms with Crippen molar-refractivity contribution in [3.63, 3.8) is 0 Å². The van der Waals surface area contributed by atoms with Crippen molar-refractivity contribution < 1.29 is 19.2 Å². The normalized spacial score (nSPS) is 10.1. The first-order chi connectivity index (χ1) is 11.0. The number of ether oxygens (including phenoxy) is 1. The number of rotatable bonds is 6. The molecule has 120 valence electrons. The fourth-order valence-electron chi connectivity index (χ4n) is 1.85. The van der Waals surface area contributed by atoms with Crippen molar-refractivity contribution in [1.29, 1.82) is 0 Å². The molecule has 0 aliphatic carbocycles. The number of esters is 1. The molecule has 0 aliphatic rings. The summed E-state index contributed by atoms with van der Waals surface area (Å²) in [5.41, 5.74) is 0.924. The van der Waals surface area contributed by atoms with E-state index >= 15 is 0 Å². The largest absolute Gasteiger partial charge is 0.426 e. The van der Waals surface area contributed by atoms with Crippen molar-refractivity contribution in [2.75, 3.05) is 6.54 Å². The van der Waals surface area contributed by atoms with Crippen molar-refractivity contribution >= 4 is 28.9 Å². The Morgan fingerprint density at radius 3 is 2.74 bits per heavy atom. The average Bonchev–Trinajstić information content (AvgIpc) is 3.01. The highest BCUT2D eigenvalue weighted by Gasteiger charge is 2.13. The summed E-state index contributed by atoms with van der Waals surface area (Å²) < 4.78 is 5.09. The van der Waals surface area contributed by atoms with E-state index in [1.165, 1.54) is 29.5 Å². The van der Waals surface area contributed by atoms with Gasteiger partial charge in [-0.15, -0.1) is 0 Å². The molecule has 0 spiro atoms. The fourth-order valence-corrected chi connectivity index (χ4v) is 2.49. The topological polar surface area (TPSA) is 98.5 Å². The van der Waals surface area contributed by atoms with E-state index in [0.29, 0.717) is 11.1 Å². The molecule has 23 heavy (non-hydrogen) atoms. The Bertz CT molecular complexity index is 727. The van der Waals surface area contributed by atoms with Crippen LogP contribution in [0.15, 0.2) is 35.0 Å². The maximum absolute atomic E-state index is 11.7. The van der Waals surface area contributed by atoms with Crippen molar-refractivity contribution in [3.8, 4) is 5.75 Å². The molecule has 1 heterocycles. The maximum Gasteiger partial charge on any atom is 0.312 e. The summed E-state index contributed by atoms with van der Waals surface area (Å²) in [5, 5.41) is 16.8. The van der Waals surface area contributed by atoms with Gasteiger partial charge in [-0.1, -0.05) is 0 Å². The second kappa shape index (κ2) is 7.50. The quantitative estimate of drug-likeness (QED) is 0.379. The predicted molar refractivity (Wildman–Crippen MR) is 84.7 cm³/mol. The van der Waals surface area contributed by atoms with E-state index in [1.54, 1.807) is 23.8 Å². The van der Waals surface area contributed by atoms with E-state index in [1.807, 2.05) is 0 Å². The lowest BCUT2D eigenvalue weighted by Crippen LogP contribution is -2.26. The molecule has 7 nitrogen and oxygen atoms in total. The van der Waals surface area contributed by atoms with Crippen LogP contribution in [0.4, 0.5) is 5.69 Å². The van der Waals surface area contributed by atoms with E-state index in [4.69, 9.17) is 4.74 Å². The number of carbonyl (C=O) groups is 2. The third-order valence-electron chi connectivity index (χ3n) is 2.99. The van der Waals surface area contributed by atoms with Crippen LogP contribution in [-0.4, -0.2) is 23.3 Å². The zero-order valence-electron chi connectivity index (χ0n) is 12.3. The lowest BCUT2D eigenvalue weighted by Gasteiger charge is -2.06. The van der Waals surface area contributed by atoms with Crippen LogP contribution in [-0.2, 0) is 4.79 Å². The van der Waals surface area contributed by atoms with Crippen LogP contribution in [0.3, 0.4) is 0 Å². The first kappa shape index (κ1) is 16.6. The highest BCUT2D eigenvalue weighted by atomic mass is 32.1. The number of hydrogen-bond donors (Lipinski definition) is 1. The van der Waals surface area contributed by atoms with Crippen molar-refractivity contribution in [3.05, 3.63) is 56.3 Å². The molecule has 1 N–H and O–H groups in total. The minimum Gasteiger partial charge on any atom is -0.426 e. The predicted octanol–water partition coefficient (Wildman–Crippen LogP) is 2.69. The molecular formula is C15H14N2O5S. The lowest BCUT2D eigenvalue weighted by atomic mass is 10.2. The highest BCUT2D eigenvalue weighted by molar-refractivity contribution is 7.08. The summed E-state index contributed by atoms with van der Waals surface area (Å²) in [6, 6.07) is 5.78. The van der Waals surface area contributed by atoms with Gasteiger partial charge in [0.1, 0.15) is 5.75 Å². The standard InChI is InChI=1S/C15H14N2O5S/c1-10-8-12(2-3-13(10)17(20)21)22-14(18)4-6-16-15(19)11-5-7-23-9-11/h2-3,5,7-9H,4,6H2,1H3,(H,16,19). The Hall–Kier alpha value is -2.74. The zero-order chi connectivity index (χ0) is 16.8. The molecular weight excluding hydrogens is 320 g/mol. The summed E-state index contributed by atoms with van der Waals surface area (Å²) in [5.74, 6) is -0.531. The summed E-state index contributed by atoms with van der Waals surface area (Å²) in [6.07, 6.45) is 0.00587. The van der Waals surface area contributed by atoms with Crippen LogP contribution < -0.4 is 10.1 Å². The number of hydrogen-bond acceptors (Lipinski definition) is 6. The molecule has 0 saturated carbocycles. The van der Waals surface area contributed by atoms with Gasteiger partial charge in [0, 0.05) is 29.1 Å². The Morgan fingerprint density at radius 2 is 2.13 bits per heavy atom. The molecule has 1 aromatic heterocycles. The third kappa shape index (κ3) is 4.62. The first-order valence-electron chi connectivity index (χ1n) is 6.73. The number of nitro benzene ring substituents is 1. The van der Waals surface area contributed by atoms with Crippen LogP contribution in [0.2, 0.25) is 0 Å². The number of benzene rings is 1. The molecule has 0 saturated heterocycles. The maximum atomic E-state index is 11.7. The first-order valence-corrected chi connectivity index (χ1v) is 7.68. The molecule has 1 aromatic carbocycles. The van der Waals surface area contributed by atoms with E-state index in [0.717, 1.165) is 0 Å². The van der Waals surface area contributed by atoms with E-state index in [9.17, 15) is 19.7 Å². The Morgan fingerprint density at radius 1 is 1.35 bits per heavy atom. The average molecular weight is 334 g/mol. The van der Waals surface area contributed by atoms with Gasteiger partial charge in [0.2, 0.25) is 0 Å². The summed E-state index contributed by atoms with van der Waals surface area (Å²) in [6.45, 7) is 1.72. The van der Waals surface area contributed by atoms with Crippen LogP contribution >= 0.6 is 11.3 Å². The Kier molecular flexibility index (Phi) is 5.42. The van der Waals surface area contributed by atoms with E-state index in [-0.39, 0.29) is 30.3 Å². The lowest BCUT2D eigenvalue weighted by molar-refractivity contribution is -0.385. The van der Waals surface area contributed by atoms with Gasteiger partial charge >= 0.3 is 5.97 Å². The van der Waals surface area contributed by atoms with E-state index < -0.39 is 10.9 Å². The van der Waals surface area contributed by atoms with Gasteiger partial charge in [-0.3, -0.25) is 19.7 Å². The number of nitro groups is 1. The summed E-state index contributed by atoms with van der Waals surface area (Å²) in [7, 11) is 0. The van der Waals surface area contributed by atoms with Crippen molar-refractivity contribution in [2.24, 2.45) is 0 Å². The fraction of sp³-hybridized carbons (Fsp3) is 0.200. The van der Waals surface area contributed by atoms with Crippen LogP contribution in [0.5, 0.6) is 5.75 Å². The molecule has 0 radical (unpaired) electrons. The molecule has 8 heteroatoms. The van der Waals surface area contributed by atoms with Crippen LogP contribution in [0.25, 0.3) is 0 Å². The van der Waals surface area contributed by atoms with Gasteiger partial charge in [0.25, 0.3) is 11.6 Å². The summed E-state index contributed by atoms with van der Waals surface area (Å²) >= 11 is 1.41. The van der Waals surface area contributed by atoms with Gasteiger partial charge < -0.3 is 10.1 Å². The van der Waals surface area contributed by atoms with Gasteiger partial charge in [0.15, 0.2) is 0 Å². The third-order valence-corrected chi connectivity index (χ3v) is 3.68. The molecule has 2 rings (SSSR count). The van der Waals surface area contributed by atoms with Crippen molar-refractivity contribution in [2.45, 2.75) is 13.3 Å². The Balaban J connectivity index is 1.82. The van der Waals surface area contributed by atoms with Crippen LogP contribution in [0, 0.1) is 17.0 Å². The molecule has 0 fully saturated rings. The monoisotopic (exact) mass is 334 g/mol. The number of nitrogens with one attached hydrogen (secondary N) is 1. The molecule has 0 aliphatic heterocycles. The van der Waals surface area contributed by atoms with Crippen LogP contribution in [0.1, 0.15) is 22.3 Å². The SMILES string of the molecule is Cc1cc(OC(=O)CCNC(=O)c2ccsc2)ccc1[N+](=O)[O-]. The number of aryl methyl sites for hydroxylation is 1. The minimum atomic E-state index is -0.524. The molecule has 2 aromatic rings. The van der Waals surface area contributed by atoms with Gasteiger partial charge in [-0.2, -0.15) is 11.3 Å². The number of thiophene rings is 1. The molecule has 0 atom stereocenters. The van der Waals surface area contributed by atoms with Gasteiger partial charge in [0.05, 0.1) is 11.3 Å². The van der Waals surface area contributed by atoms with Gasteiger partial charge in [-0.25, -0.2) is 0 Å². The second-order valence-electron chi connectivity index (χ2n) is 4.70. The Labute approximate surface area is 136 Å². The number of carbonyl (C=O) groups excluding carboxylic acids is 2. The second-order valence-corrected chi connectivity index (χ2v) is 5.48. The smallest absolute Gasteiger partial charge is 0.312 e. The number of nitrogens with zero attached hydrogens (tertiary/aromatic N) is 1. The number of amides is 1. The van der Waals surface area contributed by atoms with E-state index in [2.05, 4.69) is 5.32 Å². The summed E-state index contributed by atoms with van der Waals surface area (Å²) in [4.78, 5) is 33.6. The molecule has 1 amide bonds.